The predicted molar refractivity (Wildman–Crippen MR) is 64.6 cm³/mol. The minimum Gasteiger partial charge on any atom is -0.508 e. The van der Waals surface area contributed by atoms with Crippen molar-refractivity contribution in [1.29, 1.82) is 0 Å². The average molecular weight is 242 g/mol. The number of hydrogen-bond donors (Lipinski definition) is 2. The third kappa shape index (κ3) is 2.89. The topological polar surface area (TPSA) is 49.3 Å². The molecule has 0 radical (unpaired) electrons. The van der Waals surface area contributed by atoms with Gasteiger partial charge in [0.05, 0.1) is 5.54 Å². The highest BCUT2D eigenvalue weighted by molar-refractivity contribution is 6.31. The van der Waals surface area contributed by atoms with E-state index in [0.29, 0.717) is 17.0 Å². The first kappa shape index (κ1) is 12.8. The van der Waals surface area contributed by atoms with Gasteiger partial charge in [0.25, 0.3) is 0 Å². The quantitative estimate of drug-likeness (QED) is 0.855. The Balaban J connectivity index is 3.05. The van der Waals surface area contributed by atoms with Gasteiger partial charge in [-0.1, -0.05) is 18.5 Å². The number of amides is 1. The summed E-state index contributed by atoms with van der Waals surface area (Å²) in [6.45, 7) is 5.48. The van der Waals surface area contributed by atoms with Gasteiger partial charge >= 0.3 is 0 Å². The van der Waals surface area contributed by atoms with E-state index in [9.17, 15) is 9.90 Å². The second kappa shape index (κ2) is 4.74. The number of aromatic hydroxyl groups is 1. The fraction of sp³-hybridized carbons (Fsp3) is 0.417. The fourth-order valence-electron chi connectivity index (χ4n) is 1.50. The third-order valence-electron chi connectivity index (χ3n) is 2.40. The van der Waals surface area contributed by atoms with Crippen molar-refractivity contribution in [2.45, 2.75) is 32.7 Å². The molecule has 4 heteroatoms. The summed E-state index contributed by atoms with van der Waals surface area (Å²) < 4.78 is 0. The lowest BCUT2D eigenvalue weighted by molar-refractivity contribution is -0.122. The fourth-order valence-corrected chi connectivity index (χ4v) is 1.85. The van der Waals surface area contributed by atoms with E-state index < -0.39 is 5.54 Å². The first-order valence-electron chi connectivity index (χ1n) is 5.17. The van der Waals surface area contributed by atoms with Crippen LogP contribution in [0.2, 0.25) is 5.02 Å². The molecular formula is C12H16ClNO2. The summed E-state index contributed by atoms with van der Waals surface area (Å²) in [5.41, 5.74) is 0.110. The van der Waals surface area contributed by atoms with Crippen molar-refractivity contribution in [3.8, 4) is 5.75 Å². The summed E-state index contributed by atoms with van der Waals surface area (Å²) in [5.74, 6) is 0.0858. The molecule has 1 amide bonds. The molecule has 0 aliphatic heterocycles. The maximum absolute atomic E-state index is 11.4. The number of phenols is 1. The molecule has 0 bridgehead atoms. The molecule has 16 heavy (non-hydrogen) atoms. The molecule has 0 aromatic heterocycles. The SMILES string of the molecule is CCC(=O)NC(C)(C)c1cc(O)ccc1Cl. The van der Waals surface area contributed by atoms with E-state index in [0.717, 1.165) is 0 Å². The summed E-state index contributed by atoms with van der Waals surface area (Å²) in [6.07, 6.45) is 0.417. The molecule has 0 fully saturated rings. The number of halogens is 1. The molecule has 0 atom stereocenters. The van der Waals surface area contributed by atoms with Gasteiger partial charge in [-0.05, 0) is 37.6 Å². The maximum atomic E-state index is 11.4. The second-order valence-corrected chi connectivity index (χ2v) is 4.60. The summed E-state index contributed by atoms with van der Waals surface area (Å²) in [4.78, 5) is 11.4. The Bertz CT molecular complexity index is 402. The summed E-state index contributed by atoms with van der Waals surface area (Å²) >= 11 is 6.04. The number of hydrogen-bond acceptors (Lipinski definition) is 2. The zero-order chi connectivity index (χ0) is 12.3. The van der Waals surface area contributed by atoms with Crippen molar-refractivity contribution < 1.29 is 9.90 Å². The lowest BCUT2D eigenvalue weighted by Gasteiger charge is -2.27. The summed E-state index contributed by atoms with van der Waals surface area (Å²) in [5, 5.41) is 12.8. The first-order valence-corrected chi connectivity index (χ1v) is 5.54. The highest BCUT2D eigenvalue weighted by Gasteiger charge is 2.25. The van der Waals surface area contributed by atoms with Crippen LogP contribution in [-0.2, 0) is 10.3 Å². The molecule has 1 aromatic rings. The van der Waals surface area contributed by atoms with Crippen LogP contribution in [0.5, 0.6) is 5.75 Å². The van der Waals surface area contributed by atoms with Crippen LogP contribution in [0.3, 0.4) is 0 Å². The Morgan fingerprint density at radius 2 is 2.12 bits per heavy atom. The molecule has 0 saturated carbocycles. The number of benzene rings is 1. The van der Waals surface area contributed by atoms with E-state index in [1.165, 1.54) is 6.07 Å². The van der Waals surface area contributed by atoms with Gasteiger partial charge in [0.2, 0.25) is 5.91 Å². The minimum atomic E-state index is -0.594. The van der Waals surface area contributed by atoms with E-state index in [2.05, 4.69) is 5.32 Å². The molecule has 2 N–H and O–H groups in total. The highest BCUT2D eigenvalue weighted by Crippen LogP contribution is 2.30. The molecule has 1 rings (SSSR count). The van der Waals surface area contributed by atoms with E-state index in [1.54, 1.807) is 19.1 Å². The van der Waals surface area contributed by atoms with Gasteiger partial charge in [-0.2, -0.15) is 0 Å². The van der Waals surface area contributed by atoms with Crippen molar-refractivity contribution in [3.05, 3.63) is 28.8 Å². The molecule has 0 saturated heterocycles. The summed E-state index contributed by atoms with van der Waals surface area (Å²) in [6, 6.07) is 4.70. The van der Waals surface area contributed by atoms with Gasteiger partial charge in [0.1, 0.15) is 5.75 Å². The molecular weight excluding hydrogens is 226 g/mol. The monoisotopic (exact) mass is 241 g/mol. The van der Waals surface area contributed by atoms with Crippen LogP contribution in [0, 0.1) is 0 Å². The van der Waals surface area contributed by atoms with Crippen molar-refractivity contribution in [2.75, 3.05) is 0 Å². The number of carbonyl (C=O) groups is 1. The van der Waals surface area contributed by atoms with Crippen molar-refractivity contribution in [3.63, 3.8) is 0 Å². The van der Waals surface area contributed by atoms with Crippen LogP contribution in [0.15, 0.2) is 18.2 Å². The van der Waals surface area contributed by atoms with Gasteiger partial charge in [0.15, 0.2) is 0 Å². The first-order chi connectivity index (χ1) is 7.36. The molecule has 3 nitrogen and oxygen atoms in total. The predicted octanol–water partition coefficient (Wildman–Crippen LogP) is 2.81. The Labute approximate surface area is 100 Å². The van der Waals surface area contributed by atoms with Crippen molar-refractivity contribution >= 4 is 17.5 Å². The Morgan fingerprint density at radius 1 is 1.50 bits per heavy atom. The molecule has 88 valence electrons. The molecule has 1 aromatic carbocycles. The molecule has 0 heterocycles. The smallest absolute Gasteiger partial charge is 0.220 e. The van der Waals surface area contributed by atoms with Gasteiger partial charge in [-0.3, -0.25) is 4.79 Å². The van der Waals surface area contributed by atoms with Crippen molar-refractivity contribution in [1.82, 2.24) is 5.32 Å². The number of nitrogens with one attached hydrogen (secondary N) is 1. The summed E-state index contributed by atoms with van der Waals surface area (Å²) in [7, 11) is 0. The second-order valence-electron chi connectivity index (χ2n) is 4.19. The molecule has 0 aliphatic rings. The molecule has 0 aliphatic carbocycles. The number of carbonyl (C=O) groups excluding carboxylic acids is 1. The lowest BCUT2D eigenvalue weighted by Crippen LogP contribution is -2.40. The molecule has 0 spiro atoms. The largest absolute Gasteiger partial charge is 0.508 e. The Kier molecular flexibility index (Phi) is 3.81. The van der Waals surface area contributed by atoms with Gasteiger partial charge < -0.3 is 10.4 Å². The van der Waals surface area contributed by atoms with Crippen molar-refractivity contribution in [2.24, 2.45) is 0 Å². The van der Waals surface area contributed by atoms with E-state index in [1.807, 2.05) is 13.8 Å². The van der Waals surface area contributed by atoms with E-state index >= 15 is 0 Å². The number of rotatable bonds is 3. The van der Waals surface area contributed by atoms with E-state index in [4.69, 9.17) is 11.6 Å². The van der Waals surface area contributed by atoms with Crippen LogP contribution < -0.4 is 5.32 Å². The van der Waals surface area contributed by atoms with E-state index in [-0.39, 0.29) is 11.7 Å². The molecule has 0 unspecified atom stereocenters. The maximum Gasteiger partial charge on any atom is 0.220 e. The standard InChI is InChI=1S/C12H16ClNO2/c1-4-11(16)14-12(2,3)9-7-8(15)5-6-10(9)13/h5-7,15H,4H2,1-3H3,(H,14,16). The minimum absolute atomic E-state index is 0.0515. The van der Waals surface area contributed by atoms with Gasteiger partial charge in [-0.15, -0.1) is 0 Å². The van der Waals surface area contributed by atoms with Crippen LogP contribution >= 0.6 is 11.6 Å². The van der Waals surface area contributed by atoms with Crippen LogP contribution in [0.4, 0.5) is 0 Å². The Morgan fingerprint density at radius 3 is 2.69 bits per heavy atom. The van der Waals surface area contributed by atoms with Gasteiger partial charge in [-0.25, -0.2) is 0 Å². The normalized spacial score (nSPS) is 11.2. The third-order valence-corrected chi connectivity index (χ3v) is 2.73. The number of phenolic OH excluding ortho intramolecular Hbond substituents is 1. The zero-order valence-corrected chi connectivity index (χ0v) is 10.4. The zero-order valence-electron chi connectivity index (χ0n) is 9.67. The van der Waals surface area contributed by atoms with Crippen LogP contribution in [0.1, 0.15) is 32.8 Å². The highest BCUT2D eigenvalue weighted by atomic mass is 35.5. The lowest BCUT2D eigenvalue weighted by atomic mass is 9.93. The van der Waals surface area contributed by atoms with Gasteiger partial charge in [0, 0.05) is 11.4 Å². The van der Waals surface area contributed by atoms with Crippen LogP contribution in [0.25, 0.3) is 0 Å². The average Bonchev–Trinajstić information content (AvgIpc) is 2.20. The Hall–Kier alpha value is -1.22. The van der Waals surface area contributed by atoms with Crippen LogP contribution in [-0.4, -0.2) is 11.0 Å².